The highest BCUT2D eigenvalue weighted by atomic mass is 16.5. The van der Waals surface area contributed by atoms with Gasteiger partial charge in [0.25, 0.3) is 5.91 Å². The molecule has 2 aromatic carbocycles. The Labute approximate surface area is 178 Å². The van der Waals surface area contributed by atoms with E-state index < -0.39 is 0 Å². The van der Waals surface area contributed by atoms with Crippen LogP contribution in [0.15, 0.2) is 54.6 Å². The molecule has 30 heavy (non-hydrogen) atoms. The fourth-order valence-corrected chi connectivity index (χ4v) is 4.63. The second-order valence-electron chi connectivity index (χ2n) is 8.38. The highest BCUT2D eigenvalue weighted by Gasteiger charge is 2.28. The molecule has 158 valence electrons. The molecule has 1 amide bonds. The highest BCUT2D eigenvalue weighted by molar-refractivity contribution is 5.81. The van der Waals surface area contributed by atoms with Gasteiger partial charge in [-0.1, -0.05) is 54.6 Å². The van der Waals surface area contributed by atoms with E-state index in [1.54, 1.807) is 0 Å². The number of esters is 1. The molecule has 0 bridgehead atoms. The molecule has 4 rings (SSSR count). The zero-order valence-corrected chi connectivity index (χ0v) is 17.4. The van der Waals surface area contributed by atoms with Crippen LogP contribution in [0.3, 0.4) is 0 Å². The standard InChI is InChI=1S/C25H30N2O3/c28-24(26-23-14-6-11-20-10-4-5-13-22(20)23)18-30-25(29)21-12-7-15-27(17-21)16-19-8-2-1-3-9-19/h1-5,8-10,13,21,23H,6-7,11-12,14-18H2,(H,26,28). The van der Waals surface area contributed by atoms with E-state index in [2.05, 4.69) is 34.5 Å². The number of benzene rings is 2. The summed E-state index contributed by atoms with van der Waals surface area (Å²) in [5, 5.41) is 3.05. The van der Waals surface area contributed by atoms with Gasteiger partial charge in [-0.05, 0) is 55.3 Å². The van der Waals surface area contributed by atoms with Gasteiger partial charge in [0, 0.05) is 13.1 Å². The molecule has 1 aliphatic carbocycles. The minimum atomic E-state index is -0.257. The Balaban J connectivity index is 1.25. The first-order valence-electron chi connectivity index (χ1n) is 11.0. The third kappa shape index (κ3) is 5.28. The van der Waals surface area contributed by atoms with Gasteiger partial charge in [0.2, 0.25) is 0 Å². The van der Waals surface area contributed by atoms with Gasteiger partial charge in [-0.2, -0.15) is 0 Å². The number of piperidine rings is 1. The molecule has 1 N–H and O–H groups in total. The van der Waals surface area contributed by atoms with E-state index in [1.807, 2.05) is 30.3 Å². The van der Waals surface area contributed by atoms with Crippen molar-refractivity contribution in [3.8, 4) is 0 Å². The monoisotopic (exact) mass is 406 g/mol. The Morgan fingerprint density at radius 2 is 1.80 bits per heavy atom. The number of hydrogen-bond acceptors (Lipinski definition) is 4. The lowest BCUT2D eigenvalue weighted by atomic mass is 9.88. The van der Waals surface area contributed by atoms with Crippen LogP contribution in [-0.2, 0) is 27.3 Å². The van der Waals surface area contributed by atoms with Gasteiger partial charge in [-0.25, -0.2) is 0 Å². The maximum atomic E-state index is 12.6. The Bertz CT molecular complexity index is 868. The quantitative estimate of drug-likeness (QED) is 0.744. The summed E-state index contributed by atoms with van der Waals surface area (Å²) in [7, 11) is 0. The van der Waals surface area contributed by atoms with E-state index >= 15 is 0 Å². The van der Waals surface area contributed by atoms with E-state index in [-0.39, 0.29) is 30.4 Å². The average molecular weight is 407 g/mol. The van der Waals surface area contributed by atoms with Gasteiger partial charge < -0.3 is 10.1 Å². The Kier molecular flexibility index (Phi) is 6.80. The maximum Gasteiger partial charge on any atom is 0.310 e. The molecule has 2 aliphatic rings. The van der Waals surface area contributed by atoms with Crippen molar-refractivity contribution >= 4 is 11.9 Å². The second kappa shape index (κ2) is 9.90. The number of nitrogens with one attached hydrogen (secondary N) is 1. The number of fused-ring (bicyclic) bond motifs is 1. The maximum absolute atomic E-state index is 12.6. The highest BCUT2D eigenvalue weighted by Crippen LogP contribution is 2.29. The Morgan fingerprint density at radius 1 is 1.00 bits per heavy atom. The molecular formula is C25H30N2O3. The van der Waals surface area contributed by atoms with Crippen LogP contribution in [0.1, 0.15) is 48.4 Å². The lowest BCUT2D eigenvalue weighted by Gasteiger charge is -2.31. The normalized spacial score (nSPS) is 21.5. The summed E-state index contributed by atoms with van der Waals surface area (Å²) in [6.45, 7) is 2.31. The smallest absolute Gasteiger partial charge is 0.310 e. The Morgan fingerprint density at radius 3 is 2.67 bits per heavy atom. The van der Waals surface area contributed by atoms with Crippen molar-refractivity contribution in [3.63, 3.8) is 0 Å². The fourth-order valence-electron chi connectivity index (χ4n) is 4.63. The summed E-state index contributed by atoms with van der Waals surface area (Å²) in [6, 6.07) is 18.6. The molecule has 5 heteroatoms. The number of amides is 1. The molecule has 1 fully saturated rings. The molecule has 1 heterocycles. The van der Waals surface area contributed by atoms with Crippen molar-refractivity contribution < 1.29 is 14.3 Å². The van der Waals surface area contributed by atoms with Crippen molar-refractivity contribution in [2.75, 3.05) is 19.7 Å². The van der Waals surface area contributed by atoms with Crippen LogP contribution in [-0.4, -0.2) is 36.5 Å². The zero-order chi connectivity index (χ0) is 20.8. The summed E-state index contributed by atoms with van der Waals surface area (Å²) in [5.74, 6) is -0.639. The number of nitrogens with zero attached hydrogens (tertiary/aromatic N) is 1. The SMILES string of the molecule is O=C(COC(=O)C1CCCN(Cc2ccccc2)C1)NC1CCCc2ccccc21. The predicted molar refractivity (Wildman–Crippen MR) is 116 cm³/mol. The van der Waals surface area contributed by atoms with Crippen LogP contribution in [0.4, 0.5) is 0 Å². The number of carbonyl (C=O) groups is 2. The third-order valence-electron chi connectivity index (χ3n) is 6.14. The van der Waals surface area contributed by atoms with Crippen molar-refractivity contribution in [1.82, 2.24) is 10.2 Å². The Hall–Kier alpha value is -2.66. The minimum Gasteiger partial charge on any atom is -0.455 e. The third-order valence-corrected chi connectivity index (χ3v) is 6.14. The number of aryl methyl sites for hydroxylation is 1. The molecule has 0 aromatic heterocycles. The predicted octanol–water partition coefficient (Wildman–Crippen LogP) is 3.64. The molecule has 2 aromatic rings. The molecule has 0 radical (unpaired) electrons. The number of likely N-dealkylation sites (tertiary alicyclic amines) is 1. The first-order chi connectivity index (χ1) is 14.7. The van der Waals surface area contributed by atoms with Gasteiger partial charge in [0.05, 0.1) is 12.0 Å². The summed E-state index contributed by atoms with van der Waals surface area (Å²) < 4.78 is 5.39. The first-order valence-corrected chi connectivity index (χ1v) is 11.0. The lowest BCUT2D eigenvalue weighted by molar-refractivity contribution is -0.154. The average Bonchev–Trinajstić information content (AvgIpc) is 2.78. The number of hydrogen-bond donors (Lipinski definition) is 1. The van der Waals surface area contributed by atoms with E-state index in [0.717, 1.165) is 45.2 Å². The molecule has 2 unspecified atom stereocenters. The summed E-state index contributed by atoms with van der Waals surface area (Å²) in [6.07, 6.45) is 4.83. The fraction of sp³-hybridized carbons (Fsp3) is 0.440. The number of ether oxygens (including phenoxy) is 1. The summed E-state index contributed by atoms with van der Waals surface area (Å²) in [5.41, 5.74) is 3.73. The van der Waals surface area contributed by atoms with Crippen molar-refractivity contribution in [2.24, 2.45) is 5.92 Å². The lowest BCUT2D eigenvalue weighted by Crippen LogP contribution is -2.40. The van der Waals surface area contributed by atoms with E-state index in [9.17, 15) is 9.59 Å². The number of carbonyl (C=O) groups excluding carboxylic acids is 2. The first kappa shape index (κ1) is 20.6. The van der Waals surface area contributed by atoms with Crippen molar-refractivity contribution in [1.29, 1.82) is 0 Å². The molecule has 5 nitrogen and oxygen atoms in total. The van der Waals surface area contributed by atoms with Crippen LogP contribution in [0.2, 0.25) is 0 Å². The van der Waals surface area contributed by atoms with Gasteiger partial charge >= 0.3 is 5.97 Å². The molecule has 0 saturated carbocycles. The van der Waals surface area contributed by atoms with E-state index in [0.29, 0.717) is 6.54 Å². The molecule has 2 atom stereocenters. The van der Waals surface area contributed by atoms with E-state index in [4.69, 9.17) is 4.74 Å². The second-order valence-corrected chi connectivity index (χ2v) is 8.38. The van der Waals surface area contributed by atoms with Crippen LogP contribution in [0.5, 0.6) is 0 Å². The van der Waals surface area contributed by atoms with Gasteiger partial charge in [0.15, 0.2) is 6.61 Å². The van der Waals surface area contributed by atoms with Gasteiger partial charge in [0.1, 0.15) is 0 Å². The van der Waals surface area contributed by atoms with Crippen molar-refractivity contribution in [3.05, 3.63) is 71.3 Å². The molecule has 1 saturated heterocycles. The van der Waals surface area contributed by atoms with Gasteiger partial charge in [-0.3, -0.25) is 14.5 Å². The summed E-state index contributed by atoms with van der Waals surface area (Å²) >= 11 is 0. The zero-order valence-electron chi connectivity index (χ0n) is 17.4. The van der Waals surface area contributed by atoms with Crippen LogP contribution in [0, 0.1) is 5.92 Å². The van der Waals surface area contributed by atoms with Gasteiger partial charge in [-0.15, -0.1) is 0 Å². The minimum absolute atomic E-state index is 0.0113. The topological polar surface area (TPSA) is 58.6 Å². The molecular weight excluding hydrogens is 376 g/mol. The van der Waals surface area contributed by atoms with Crippen LogP contribution >= 0.6 is 0 Å². The van der Waals surface area contributed by atoms with E-state index in [1.165, 1.54) is 16.7 Å². The van der Waals surface area contributed by atoms with Crippen LogP contribution < -0.4 is 5.32 Å². The largest absolute Gasteiger partial charge is 0.455 e. The molecule has 1 aliphatic heterocycles. The van der Waals surface area contributed by atoms with Crippen LogP contribution in [0.25, 0.3) is 0 Å². The summed E-state index contributed by atoms with van der Waals surface area (Å²) in [4.78, 5) is 27.3. The van der Waals surface area contributed by atoms with Crippen molar-refractivity contribution in [2.45, 2.75) is 44.7 Å². The number of rotatable bonds is 6. The molecule has 0 spiro atoms.